The van der Waals surface area contributed by atoms with E-state index in [-0.39, 0.29) is 50.7 Å². The third kappa shape index (κ3) is 9.92. The van der Waals surface area contributed by atoms with E-state index in [1.54, 1.807) is 0 Å². The first-order chi connectivity index (χ1) is 8.69. The molecule has 0 amide bonds. The van der Waals surface area contributed by atoms with E-state index in [4.69, 9.17) is 0 Å². The molecule has 0 aromatic heterocycles. The van der Waals surface area contributed by atoms with Crippen LogP contribution in [0.2, 0.25) is 0 Å². The first-order valence-corrected chi connectivity index (χ1v) is 7.22. The van der Waals surface area contributed by atoms with Crippen molar-refractivity contribution in [1.82, 2.24) is 0 Å². The smallest absolute Gasteiger partial charge is 1.00 e. The van der Waals surface area contributed by atoms with Crippen LogP contribution in [0.15, 0.2) is 34.4 Å². The first kappa shape index (κ1) is 26.3. The van der Waals surface area contributed by atoms with Crippen LogP contribution in [0.5, 0.6) is 0 Å². The van der Waals surface area contributed by atoms with Crippen molar-refractivity contribution < 1.29 is 50.7 Å². The summed E-state index contributed by atoms with van der Waals surface area (Å²) in [5, 5.41) is 0. The molecule has 0 aromatic carbocycles. The summed E-state index contributed by atoms with van der Waals surface area (Å²) in [5.74, 6) is 0. The van der Waals surface area contributed by atoms with Crippen LogP contribution >= 0.6 is 0 Å². The predicted molar refractivity (Wildman–Crippen MR) is 80.1 cm³/mol. The summed E-state index contributed by atoms with van der Waals surface area (Å²) in [4.78, 5) is 0. The van der Waals surface area contributed by atoms with Crippen LogP contribution in [0.25, 0.3) is 0 Å². The van der Waals surface area contributed by atoms with E-state index in [1.165, 1.54) is 48.0 Å². The van der Waals surface area contributed by atoms with Crippen molar-refractivity contribution >= 4 is 0 Å². The number of hydrogen-bond acceptors (Lipinski definition) is 0. The maximum absolute atomic E-state index is 3.28. The van der Waals surface area contributed by atoms with Crippen LogP contribution < -0.4 is 24.8 Å². The molecule has 2 aliphatic rings. The summed E-state index contributed by atoms with van der Waals surface area (Å²) in [5.41, 5.74) is 5.77. The Labute approximate surface area is 162 Å². The van der Waals surface area contributed by atoms with Gasteiger partial charge in [-0.25, -0.2) is 11.1 Å². The minimum atomic E-state index is 0. The van der Waals surface area contributed by atoms with Crippen LogP contribution in [-0.4, -0.2) is 0 Å². The average Bonchev–Trinajstić information content (AvgIpc) is 2.92. The van der Waals surface area contributed by atoms with Gasteiger partial charge >= 0.3 is 25.8 Å². The summed E-state index contributed by atoms with van der Waals surface area (Å²) in [6.45, 7) is 8.72. The van der Waals surface area contributed by atoms with E-state index in [2.05, 4.69) is 52.0 Å². The Morgan fingerprint density at radius 3 is 1.33 bits per heavy atom. The van der Waals surface area contributed by atoms with Crippen molar-refractivity contribution in [2.24, 2.45) is 0 Å². The van der Waals surface area contributed by atoms with Gasteiger partial charge in [-0.2, -0.15) is 23.3 Å². The second kappa shape index (κ2) is 15.3. The van der Waals surface area contributed by atoms with Crippen LogP contribution in [0.3, 0.4) is 0 Å². The molecule has 0 aliphatic heterocycles. The largest absolute Gasteiger partial charge is 4.00 e. The molecule has 116 valence electrons. The summed E-state index contributed by atoms with van der Waals surface area (Å²) < 4.78 is 0. The summed E-state index contributed by atoms with van der Waals surface area (Å²) in [7, 11) is 0. The van der Waals surface area contributed by atoms with Gasteiger partial charge in [-0.15, -0.1) is 12.8 Å². The van der Waals surface area contributed by atoms with Gasteiger partial charge in [-0.3, -0.25) is 12.2 Å². The van der Waals surface area contributed by atoms with E-state index >= 15 is 0 Å². The van der Waals surface area contributed by atoms with Gasteiger partial charge in [-0.1, -0.05) is 53.4 Å². The zero-order valence-electron chi connectivity index (χ0n) is 13.7. The topological polar surface area (TPSA) is 0 Å². The van der Waals surface area contributed by atoms with Crippen LogP contribution in [0.4, 0.5) is 0 Å². The second-order valence-corrected chi connectivity index (χ2v) is 4.97. The molecule has 0 spiro atoms. The van der Waals surface area contributed by atoms with Crippen LogP contribution in [0, 0.1) is 12.2 Å². The van der Waals surface area contributed by atoms with E-state index in [9.17, 15) is 0 Å². The summed E-state index contributed by atoms with van der Waals surface area (Å²) >= 11 is 0. The maximum atomic E-state index is 3.28. The van der Waals surface area contributed by atoms with Gasteiger partial charge in [0.2, 0.25) is 0 Å². The standard InChI is InChI=1S/2C9H13.2ClH.Hf/c2*1-3-5-9-7-4-6-8(9)2;;;/h2*7H,3-5H2,1-2H3;2*1H;/q2*-1;;;+4/p-2. The molecular formula is C18H26Cl2Hf. The quantitative estimate of drug-likeness (QED) is 0.376. The minimum Gasteiger partial charge on any atom is -1.00 e. The van der Waals surface area contributed by atoms with Gasteiger partial charge in [0.25, 0.3) is 0 Å². The molecular weight excluding hydrogens is 466 g/mol. The Bertz CT molecular complexity index is 352. The maximum Gasteiger partial charge on any atom is 4.00 e. The molecule has 0 aromatic rings. The Kier molecular flexibility index (Phi) is 19.2. The number of halogens is 2. The molecule has 0 saturated carbocycles. The molecule has 0 fully saturated rings. The SMILES string of the molecule is CCCC1=CC[C-]=C1C.CCCC1=CC[C-]=C1C.[Cl-].[Cl-].[Hf+4]. The second-order valence-electron chi connectivity index (χ2n) is 4.97. The van der Waals surface area contributed by atoms with Crippen LogP contribution in [0.1, 0.15) is 66.2 Å². The van der Waals surface area contributed by atoms with E-state index in [0.717, 1.165) is 12.8 Å². The van der Waals surface area contributed by atoms with Crippen molar-refractivity contribution in [3.8, 4) is 0 Å². The molecule has 2 rings (SSSR count). The van der Waals surface area contributed by atoms with Crippen molar-refractivity contribution in [2.45, 2.75) is 66.2 Å². The van der Waals surface area contributed by atoms with E-state index in [1.807, 2.05) is 0 Å². The van der Waals surface area contributed by atoms with E-state index < -0.39 is 0 Å². The predicted octanol–water partition coefficient (Wildman–Crippen LogP) is -0.262. The molecule has 3 heteroatoms. The van der Waals surface area contributed by atoms with Gasteiger partial charge in [0.1, 0.15) is 0 Å². The molecule has 0 unspecified atom stereocenters. The van der Waals surface area contributed by atoms with Crippen molar-refractivity contribution in [3.63, 3.8) is 0 Å². The van der Waals surface area contributed by atoms with Crippen molar-refractivity contribution in [1.29, 1.82) is 0 Å². The molecule has 0 N–H and O–H groups in total. The summed E-state index contributed by atoms with van der Waals surface area (Å²) in [6.07, 6.45) is 18.2. The third-order valence-corrected chi connectivity index (χ3v) is 3.43. The van der Waals surface area contributed by atoms with Gasteiger partial charge in [0.05, 0.1) is 0 Å². The molecule has 0 radical (unpaired) electrons. The fraction of sp³-hybridized carbons (Fsp3) is 0.556. The zero-order valence-corrected chi connectivity index (χ0v) is 18.8. The normalized spacial score (nSPS) is 15.0. The van der Waals surface area contributed by atoms with Crippen LogP contribution in [-0.2, 0) is 25.8 Å². The molecule has 2 aliphatic carbocycles. The monoisotopic (exact) mass is 492 g/mol. The Balaban J connectivity index is -0.000000270. The molecule has 0 atom stereocenters. The number of hydrogen-bond donors (Lipinski definition) is 0. The van der Waals surface area contributed by atoms with Gasteiger partial charge < -0.3 is 24.8 Å². The Hall–Kier alpha value is 0.410. The third-order valence-electron chi connectivity index (χ3n) is 3.43. The van der Waals surface area contributed by atoms with Gasteiger partial charge in [-0.05, 0) is 0 Å². The van der Waals surface area contributed by atoms with E-state index in [0.29, 0.717) is 0 Å². The van der Waals surface area contributed by atoms with Gasteiger partial charge in [0, 0.05) is 0 Å². The fourth-order valence-electron chi connectivity index (χ4n) is 2.31. The molecule has 0 bridgehead atoms. The molecule has 21 heavy (non-hydrogen) atoms. The first-order valence-electron chi connectivity index (χ1n) is 7.22. The van der Waals surface area contributed by atoms with Gasteiger partial charge in [0.15, 0.2) is 0 Å². The number of rotatable bonds is 4. The number of allylic oxidation sites excluding steroid dienone is 8. The van der Waals surface area contributed by atoms with Crippen molar-refractivity contribution in [2.75, 3.05) is 0 Å². The Morgan fingerprint density at radius 1 is 0.810 bits per heavy atom. The Morgan fingerprint density at radius 2 is 1.14 bits per heavy atom. The molecule has 0 nitrogen and oxygen atoms in total. The molecule has 0 heterocycles. The average molecular weight is 492 g/mol. The zero-order chi connectivity index (χ0) is 13.4. The molecule has 0 saturated heterocycles. The minimum absolute atomic E-state index is 0. The fourth-order valence-corrected chi connectivity index (χ4v) is 2.31. The van der Waals surface area contributed by atoms with Crippen molar-refractivity contribution in [3.05, 3.63) is 46.6 Å². The summed E-state index contributed by atoms with van der Waals surface area (Å²) in [6, 6.07) is 0.